The van der Waals surface area contributed by atoms with Crippen LogP contribution in [0.3, 0.4) is 0 Å². The zero-order valence-electron chi connectivity index (χ0n) is 10.7. The number of rotatable bonds is 2. The van der Waals surface area contributed by atoms with Gasteiger partial charge in [0.1, 0.15) is 11.9 Å². The van der Waals surface area contributed by atoms with Crippen molar-refractivity contribution in [1.29, 1.82) is 0 Å². The summed E-state index contributed by atoms with van der Waals surface area (Å²) >= 11 is 0. The second-order valence-corrected chi connectivity index (χ2v) is 5.31. The van der Waals surface area contributed by atoms with E-state index < -0.39 is 0 Å². The molecule has 2 heteroatoms. The Hall–Kier alpha value is -1.05. The highest BCUT2D eigenvalue weighted by atomic mass is 16.5. The van der Waals surface area contributed by atoms with E-state index in [9.17, 15) is 0 Å². The van der Waals surface area contributed by atoms with Crippen molar-refractivity contribution >= 4 is 0 Å². The van der Waals surface area contributed by atoms with Gasteiger partial charge in [-0.25, -0.2) is 0 Å². The standard InChI is InChI=1S/C14H21NO/c1-9(2)11-7-14-12(15-8-11)5-6-13(16-14)10(3)4/h7-10,13H,5-6H2,1-4H3. The van der Waals surface area contributed by atoms with E-state index in [1.54, 1.807) is 0 Å². The Morgan fingerprint density at radius 3 is 2.69 bits per heavy atom. The van der Waals surface area contributed by atoms with E-state index in [4.69, 9.17) is 4.74 Å². The first kappa shape index (κ1) is 11.4. The summed E-state index contributed by atoms with van der Waals surface area (Å²) in [6.45, 7) is 8.81. The van der Waals surface area contributed by atoms with Crippen molar-refractivity contribution in [3.8, 4) is 5.75 Å². The van der Waals surface area contributed by atoms with E-state index in [0.29, 0.717) is 17.9 Å². The predicted octanol–water partition coefficient (Wildman–Crippen LogP) is 3.55. The molecule has 1 aromatic rings. The second-order valence-electron chi connectivity index (χ2n) is 5.31. The summed E-state index contributed by atoms with van der Waals surface area (Å²) in [5.74, 6) is 2.10. The van der Waals surface area contributed by atoms with Gasteiger partial charge in [0, 0.05) is 6.20 Å². The maximum atomic E-state index is 6.02. The van der Waals surface area contributed by atoms with Crippen molar-refractivity contribution in [3.63, 3.8) is 0 Å². The lowest BCUT2D eigenvalue weighted by Crippen LogP contribution is -2.28. The summed E-state index contributed by atoms with van der Waals surface area (Å²) in [5, 5.41) is 0. The Morgan fingerprint density at radius 2 is 2.06 bits per heavy atom. The summed E-state index contributed by atoms with van der Waals surface area (Å²) in [4.78, 5) is 4.51. The fourth-order valence-electron chi connectivity index (χ4n) is 2.06. The zero-order chi connectivity index (χ0) is 11.7. The minimum Gasteiger partial charge on any atom is -0.488 e. The molecule has 0 spiro atoms. The van der Waals surface area contributed by atoms with Gasteiger partial charge in [-0.05, 0) is 36.3 Å². The number of nitrogens with zero attached hydrogens (tertiary/aromatic N) is 1. The molecule has 0 radical (unpaired) electrons. The van der Waals surface area contributed by atoms with Crippen LogP contribution in [0.5, 0.6) is 5.75 Å². The molecule has 2 nitrogen and oxygen atoms in total. The largest absolute Gasteiger partial charge is 0.488 e. The Kier molecular flexibility index (Phi) is 3.17. The summed E-state index contributed by atoms with van der Waals surface area (Å²) in [7, 11) is 0. The van der Waals surface area contributed by atoms with Gasteiger partial charge in [-0.2, -0.15) is 0 Å². The maximum absolute atomic E-state index is 6.02. The first-order chi connectivity index (χ1) is 7.58. The lowest BCUT2D eigenvalue weighted by Gasteiger charge is -2.28. The number of ether oxygens (including phenoxy) is 1. The Bertz CT molecular complexity index is 371. The van der Waals surface area contributed by atoms with Gasteiger partial charge in [0.25, 0.3) is 0 Å². The topological polar surface area (TPSA) is 22.1 Å². The van der Waals surface area contributed by atoms with E-state index in [-0.39, 0.29) is 0 Å². The van der Waals surface area contributed by atoms with E-state index in [1.165, 1.54) is 5.56 Å². The van der Waals surface area contributed by atoms with Gasteiger partial charge < -0.3 is 4.74 Å². The molecule has 16 heavy (non-hydrogen) atoms. The van der Waals surface area contributed by atoms with Gasteiger partial charge in [-0.1, -0.05) is 27.7 Å². The number of pyridine rings is 1. The Balaban J connectivity index is 2.25. The molecule has 1 aliphatic rings. The molecule has 0 aliphatic carbocycles. The summed E-state index contributed by atoms with van der Waals surface area (Å²) < 4.78 is 6.02. The van der Waals surface area contributed by atoms with Crippen molar-refractivity contribution in [2.45, 2.75) is 52.6 Å². The highest BCUT2D eigenvalue weighted by Crippen LogP contribution is 2.31. The molecule has 0 saturated heterocycles. The minimum atomic E-state index is 0.358. The van der Waals surface area contributed by atoms with E-state index in [1.807, 2.05) is 6.20 Å². The number of hydrogen-bond acceptors (Lipinski definition) is 2. The van der Waals surface area contributed by atoms with Crippen molar-refractivity contribution in [2.75, 3.05) is 0 Å². The van der Waals surface area contributed by atoms with Crippen molar-refractivity contribution in [2.24, 2.45) is 5.92 Å². The monoisotopic (exact) mass is 219 g/mol. The van der Waals surface area contributed by atoms with Crippen LogP contribution >= 0.6 is 0 Å². The van der Waals surface area contributed by atoms with Crippen LogP contribution in [0.4, 0.5) is 0 Å². The van der Waals surface area contributed by atoms with Crippen molar-refractivity contribution in [3.05, 3.63) is 23.5 Å². The van der Waals surface area contributed by atoms with Gasteiger partial charge in [0.15, 0.2) is 0 Å². The molecule has 0 bridgehead atoms. The molecule has 2 heterocycles. The van der Waals surface area contributed by atoms with Crippen molar-refractivity contribution in [1.82, 2.24) is 4.98 Å². The summed E-state index contributed by atoms with van der Waals surface area (Å²) in [6.07, 6.45) is 4.49. The molecule has 1 aliphatic heterocycles. The molecule has 0 N–H and O–H groups in total. The highest BCUT2D eigenvalue weighted by Gasteiger charge is 2.23. The molecule has 1 atom stereocenters. The Labute approximate surface area is 98.0 Å². The lowest BCUT2D eigenvalue weighted by molar-refractivity contribution is 0.125. The number of hydrogen-bond donors (Lipinski definition) is 0. The van der Waals surface area contributed by atoms with Gasteiger partial charge >= 0.3 is 0 Å². The van der Waals surface area contributed by atoms with Crippen LogP contribution in [-0.4, -0.2) is 11.1 Å². The minimum absolute atomic E-state index is 0.358. The van der Waals surface area contributed by atoms with Crippen LogP contribution in [0.2, 0.25) is 0 Å². The Morgan fingerprint density at radius 1 is 1.31 bits per heavy atom. The van der Waals surface area contributed by atoms with Crippen LogP contribution in [-0.2, 0) is 6.42 Å². The van der Waals surface area contributed by atoms with Gasteiger partial charge in [0.05, 0.1) is 5.69 Å². The molecule has 1 unspecified atom stereocenters. The molecule has 0 amide bonds. The average Bonchev–Trinajstić information content (AvgIpc) is 2.27. The smallest absolute Gasteiger partial charge is 0.141 e. The first-order valence-corrected chi connectivity index (χ1v) is 6.23. The molecule has 0 fully saturated rings. The molecule has 0 saturated carbocycles. The number of fused-ring (bicyclic) bond motifs is 1. The molecule has 0 aromatic carbocycles. The molecule has 2 rings (SSSR count). The average molecular weight is 219 g/mol. The molecule has 88 valence electrons. The van der Waals surface area contributed by atoms with E-state index >= 15 is 0 Å². The van der Waals surface area contributed by atoms with Crippen LogP contribution < -0.4 is 4.74 Å². The third-order valence-electron chi connectivity index (χ3n) is 3.31. The second kappa shape index (κ2) is 4.44. The summed E-state index contributed by atoms with van der Waals surface area (Å²) in [6, 6.07) is 2.17. The number of aryl methyl sites for hydroxylation is 1. The lowest BCUT2D eigenvalue weighted by atomic mass is 9.97. The number of aromatic nitrogens is 1. The fourth-order valence-corrected chi connectivity index (χ4v) is 2.06. The normalized spacial score (nSPS) is 19.8. The maximum Gasteiger partial charge on any atom is 0.141 e. The summed E-state index contributed by atoms with van der Waals surface area (Å²) in [5.41, 5.74) is 2.39. The highest BCUT2D eigenvalue weighted by molar-refractivity contribution is 5.34. The molecule has 1 aromatic heterocycles. The van der Waals surface area contributed by atoms with Crippen LogP contribution in [0, 0.1) is 5.92 Å². The van der Waals surface area contributed by atoms with Crippen LogP contribution in [0.1, 0.15) is 51.3 Å². The van der Waals surface area contributed by atoms with Gasteiger partial charge in [0.2, 0.25) is 0 Å². The van der Waals surface area contributed by atoms with Crippen LogP contribution in [0.25, 0.3) is 0 Å². The van der Waals surface area contributed by atoms with E-state index in [0.717, 1.165) is 24.3 Å². The van der Waals surface area contributed by atoms with Gasteiger partial charge in [-0.3, -0.25) is 4.98 Å². The zero-order valence-corrected chi connectivity index (χ0v) is 10.7. The van der Waals surface area contributed by atoms with Crippen LogP contribution in [0.15, 0.2) is 12.3 Å². The SMILES string of the molecule is CC(C)c1cnc2c(c1)OC(C(C)C)CC2. The van der Waals surface area contributed by atoms with E-state index in [2.05, 4.69) is 38.7 Å². The third kappa shape index (κ3) is 2.21. The fraction of sp³-hybridized carbons (Fsp3) is 0.643. The van der Waals surface area contributed by atoms with Gasteiger partial charge in [-0.15, -0.1) is 0 Å². The van der Waals surface area contributed by atoms with Crippen molar-refractivity contribution < 1.29 is 4.74 Å². The quantitative estimate of drug-likeness (QED) is 0.758. The third-order valence-corrected chi connectivity index (χ3v) is 3.31. The molecular formula is C14H21NO. The molecular weight excluding hydrogens is 198 g/mol. The predicted molar refractivity (Wildman–Crippen MR) is 65.9 cm³/mol. The first-order valence-electron chi connectivity index (χ1n) is 6.23.